The maximum absolute atomic E-state index is 12.1. The van der Waals surface area contributed by atoms with Gasteiger partial charge in [0.1, 0.15) is 0 Å². The number of hydrogen-bond acceptors (Lipinski definition) is 1. The van der Waals surface area contributed by atoms with Crippen molar-refractivity contribution < 1.29 is 4.39 Å². The fourth-order valence-electron chi connectivity index (χ4n) is 1.07. The minimum Gasteiger partial charge on any atom is -0.324 e. The van der Waals surface area contributed by atoms with Gasteiger partial charge in [-0.25, -0.2) is 0 Å². The normalized spacial score (nSPS) is 12.9. The molecule has 0 aliphatic heterocycles. The zero-order valence-corrected chi connectivity index (χ0v) is 10.1. The fraction of sp³-hybridized carbons (Fsp3) is 0.333. The third kappa shape index (κ3) is 3.04. The van der Waals surface area contributed by atoms with Crippen LogP contribution in [0.1, 0.15) is 18.0 Å². The summed E-state index contributed by atoms with van der Waals surface area (Å²) in [4.78, 5) is 0. The molecule has 1 aromatic rings. The van der Waals surface area contributed by atoms with Crippen molar-refractivity contribution in [2.45, 2.75) is 12.5 Å². The molecule has 0 aliphatic rings. The Labute approximate surface area is 93.8 Å². The maximum Gasteiger partial charge on any atom is 0.0912 e. The monoisotopic (exact) mass is 309 g/mol. The molecule has 2 N–H and O–H groups in total. The van der Waals surface area contributed by atoms with Crippen molar-refractivity contribution >= 4 is 31.9 Å². The molecule has 13 heavy (non-hydrogen) atoms. The topological polar surface area (TPSA) is 26.0 Å². The van der Waals surface area contributed by atoms with Crippen LogP contribution in [0.3, 0.4) is 0 Å². The van der Waals surface area contributed by atoms with Crippen LogP contribution in [0.4, 0.5) is 4.39 Å². The van der Waals surface area contributed by atoms with Crippen molar-refractivity contribution in [1.29, 1.82) is 0 Å². The van der Waals surface area contributed by atoms with Crippen molar-refractivity contribution in [3.05, 3.63) is 32.7 Å². The van der Waals surface area contributed by atoms with Crippen LogP contribution in [0.15, 0.2) is 27.1 Å². The Bertz CT molecular complexity index is 291. The number of hydrogen-bond donors (Lipinski definition) is 1. The smallest absolute Gasteiger partial charge is 0.0912 e. The van der Waals surface area contributed by atoms with Crippen molar-refractivity contribution in [1.82, 2.24) is 0 Å². The van der Waals surface area contributed by atoms with Gasteiger partial charge in [0.15, 0.2) is 0 Å². The van der Waals surface area contributed by atoms with Gasteiger partial charge in [0.05, 0.1) is 6.67 Å². The fourth-order valence-corrected chi connectivity index (χ4v) is 1.99. The molecule has 0 amide bonds. The molecule has 0 spiro atoms. The molecule has 0 heterocycles. The van der Waals surface area contributed by atoms with Gasteiger partial charge in [-0.1, -0.05) is 31.9 Å². The first-order valence-corrected chi connectivity index (χ1v) is 5.50. The number of alkyl halides is 1. The first-order chi connectivity index (χ1) is 6.15. The quantitative estimate of drug-likeness (QED) is 0.907. The summed E-state index contributed by atoms with van der Waals surface area (Å²) in [5.41, 5.74) is 6.72. The van der Waals surface area contributed by atoms with Crippen LogP contribution >= 0.6 is 31.9 Å². The average Bonchev–Trinajstić information content (AvgIpc) is 2.09. The predicted octanol–water partition coefficient (Wildman–Crippen LogP) is 3.57. The number of halogens is 3. The molecule has 1 aromatic carbocycles. The Morgan fingerprint density at radius 3 is 2.69 bits per heavy atom. The highest BCUT2D eigenvalue weighted by molar-refractivity contribution is 9.11. The van der Waals surface area contributed by atoms with Crippen LogP contribution in [0, 0.1) is 0 Å². The lowest BCUT2D eigenvalue weighted by Crippen LogP contribution is -2.11. The zero-order valence-electron chi connectivity index (χ0n) is 6.93. The van der Waals surface area contributed by atoms with Gasteiger partial charge in [0.2, 0.25) is 0 Å². The third-order valence-corrected chi connectivity index (χ3v) is 2.99. The molecule has 0 aliphatic carbocycles. The zero-order chi connectivity index (χ0) is 9.84. The standard InChI is InChI=1S/C9H10Br2FN/c10-6-1-2-8(11)7(5-6)9(13)3-4-12/h1-2,5,9H,3-4,13H2/t9-/m1/s1. The largest absolute Gasteiger partial charge is 0.324 e. The third-order valence-electron chi connectivity index (χ3n) is 1.78. The van der Waals surface area contributed by atoms with Gasteiger partial charge in [-0.15, -0.1) is 0 Å². The van der Waals surface area contributed by atoms with Crippen LogP contribution in [-0.2, 0) is 0 Å². The predicted molar refractivity (Wildman–Crippen MR) is 59.4 cm³/mol. The molecular weight excluding hydrogens is 301 g/mol. The van der Waals surface area contributed by atoms with E-state index in [1.807, 2.05) is 18.2 Å². The average molecular weight is 311 g/mol. The van der Waals surface area contributed by atoms with E-state index in [0.717, 1.165) is 14.5 Å². The minimum absolute atomic E-state index is 0.239. The SMILES string of the molecule is N[C@H](CCF)c1cc(Br)ccc1Br. The second kappa shape index (κ2) is 5.08. The van der Waals surface area contributed by atoms with Crippen LogP contribution < -0.4 is 5.73 Å². The van der Waals surface area contributed by atoms with E-state index in [0.29, 0.717) is 6.42 Å². The summed E-state index contributed by atoms with van der Waals surface area (Å²) in [5, 5.41) is 0. The van der Waals surface area contributed by atoms with Gasteiger partial charge in [0, 0.05) is 15.0 Å². The molecule has 0 fully saturated rings. The molecule has 1 atom stereocenters. The van der Waals surface area contributed by atoms with Gasteiger partial charge in [0.25, 0.3) is 0 Å². The van der Waals surface area contributed by atoms with E-state index >= 15 is 0 Å². The van der Waals surface area contributed by atoms with E-state index in [1.165, 1.54) is 0 Å². The van der Waals surface area contributed by atoms with Crippen LogP contribution in [-0.4, -0.2) is 6.67 Å². The van der Waals surface area contributed by atoms with Crippen molar-refractivity contribution in [2.75, 3.05) is 6.67 Å². The highest BCUT2D eigenvalue weighted by Crippen LogP contribution is 2.27. The van der Waals surface area contributed by atoms with Gasteiger partial charge >= 0.3 is 0 Å². The van der Waals surface area contributed by atoms with Crippen LogP contribution in [0.25, 0.3) is 0 Å². The van der Waals surface area contributed by atoms with Gasteiger partial charge in [-0.05, 0) is 30.2 Å². The lowest BCUT2D eigenvalue weighted by atomic mass is 10.1. The molecular formula is C9H10Br2FN. The molecule has 0 aromatic heterocycles. The highest BCUT2D eigenvalue weighted by Gasteiger charge is 2.09. The molecule has 0 unspecified atom stereocenters. The van der Waals surface area contributed by atoms with Crippen LogP contribution in [0.5, 0.6) is 0 Å². The van der Waals surface area contributed by atoms with Gasteiger partial charge < -0.3 is 5.73 Å². The lowest BCUT2D eigenvalue weighted by Gasteiger charge is -2.12. The molecule has 0 saturated heterocycles. The molecule has 72 valence electrons. The van der Waals surface area contributed by atoms with E-state index in [2.05, 4.69) is 31.9 Å². The highest BCUT2D eigenvalue weighted by atomic mass is 79.9. The molecule has 1 nitrogen and oxygen atoms in total. The van der Waals surface area contributed by atoms with E-state index in [4.69, 9.17) is 5.73 Å². The number of benzene rings is 1. The molecule has 0 saturated carbocycles. The minimum atomic E-state index is -0.389. The summed E-state index contributed by atoms with van der Waals surface area (Å²) < 4.78 is 13.9. The number of nitrogens with two attached hydrogens (primary N) is 1. The van der Waals surface area contributed by atoms with E-state index in [1.54, 1.807) is 0 Å². The molecule has 4 heteroatoms. The van der Waals surface area contributed by atoms with Crippen molar-refractivity contribution in [2.24, 2.45) is 5.73 Å². The summed E-state index contributed by atoms with van der Waals surface area (Å²) in [5.74, 6) is 0. The second-order valence-corrected chi connectivity index (χ2v) is 4.52. The van der Waals surface area contributed by atoms with Gasteiger partial charge in [-0.2, -0.15) is 0 Å². The summed E-state index contributed by atoms with van der Waals surface area (Å²) in [6.45, 7) is -0.389. The van der Waals surface area contributed by atoms with Gasteiger partial charge in [-0.3, -0.25) is 4.39 Å². The molecule has 0 radical (unpaired) electrons. The van der Waals surface area contributed by atoms with E-state index in [9.17, 15) is 4.39 Å². The Kier molecular flexibility index (Phi) is 4.35. The molecule has 1 rings (SSSR count). The van der Waals surface area contributed by atoms with Crippen molar-refractivity contribution in [3.63, 3.8) is 0 Å². The Hall–Kier alpha value is 0.0700. The number of rotatable bonds is 3. The Balaban J connectivity index is 2.91. The van der Waals surface area contributed by atoms with Crippen molar-refractivity contribution in [3.8, 4) is 0 Å². The maximum atomic E-state index is 12.1. The summed E-state index contributed by atoms with van der Waals surface area (Å²) >= 11 is 6.72. The lowest BCUT2D eigenvalue weighted by molar-refractivity contribution is 0.441. The Morgan fingerprint density at radius 2 is 2.08 bits per heavy atom. The first kappa shape index (κ1) is 11.1. The van der Waals surface area contributed by atoms with E-state index in [-0.39, 0.29) is 12.7 Å². The summed E-state index contributed by atoms with van der Waals surface area (Å²) in [6, 6.07) is 5.48. The molecule has 0 bridgehead atoms. The van der Waals surface area contributed by atoms with Crippen LogP contribution in [0.2, 0.25) is 0 Å². The first-order valence-electron chi connectivity index (χ1n) is 3.91. The second-order valence-electron chi connectivity index (χ2n) is 2.75. The summed E-state index contributed by atoms with van der Waals surface area (Å²) in [6.07, 6.45) is 0.356. The van der Waals surface area contributed by atoms with E-state index < -0.39 is 0 Å². The Morgan fingerprint density at radius 1 is 1.38 bits per heavy atom. The summed E-state index contributed by atoms with van der Waals surface area (Å²) in [7, 11) is 0.